The number of nitrogens with two attached hydrogens (primary N) is 1. The van der Waals surface area contributed by atoms with Gasteiger partial charge in [0.15, 0.2) is 0 Å². The molecular formula is C16H24FN3. The van der Waals surface area contributed by atoms with E-state index in [1.165, 1.54) is 12.8 Å². The first-order chi connectivity index (χ1) is 9.49. The van der Waals surface area contributed by atoms with Crippen LogP contribution in [0.5, 0.6) is 0 Å². The van der Waals surface area contributed by atoms with Crippen molar-refractivity contribution in [3.63, 3.8) is 0 Å². The summed E-state index contributed by atoms with van der Waals surface area (Å²) in [5.74, 6) is 0.115. The van der Waals surface area contributed by atoms with Gasteiger partial charge in [0.05, 0.1) is 5.56 Å². The standard InChI is InChI=1S/C16H24FN3/c1-11(2)8-9-20(13-6-7-13)10-12-4-3-5-14(15(12)17)16(18)19/h3-5,11,13H,6-10H2,1-2H3,(H3,18,19). The van der Waals surface area contributed by atoms with Gasteiger partial charge in [-0.05, 0) is 37.8 Å². The number of hydrogen-bond acceptors (Lipinski definition) is 2. The fourth-order valence-electron chi connectivity index (χ4n) is 2.38. The van der Waals surface area contributed by atoms with Crippen LogP contribution in [-0.4, -0.2) is 23.3 Å². The minimum atomic E-state index is -0.338. The first-order valence-electron chi connectivity index (χ1n) is 7.35. The second-order valence-corrected chi connectivity index (χ2v) is 6.08. The lowest BCUT2D eigenvalue weighted by Gasteiger charge is -2.23. The highest BCUT2D eigenvalue weighted by atomic mass is 19.1. The monoisotopic (exact) mass is 277 g/mol. The lowest BCUT2D eigenvalue weighted by atomic mass is 10.1. The molecule has 0 unspecified atom stereocenters. The number of nitrogen functional groups attached to an aromatic ring is 1. The molecule has 0 radical (unpaired) electrons. The maximum Gasteiger partial charge on any atom is 0.138 e. The molecular weight excluding hydrogens is 253 g/mol. The maximum absolute atomic E-state index is 14.3. The summed E-state index contributed by atoms with van der Waals surface area (Å²) in [5.41, 5.74) is 6.27. The van der Waals surface area contributed by atoms with Crippen LogP contribution in [0.4, 0.5) is 4.39 Å². The molecule has 0 aromatic heterocycles. The summed E-state index contributed by atoms with van der Waals surface area (Å²) in [5, 5.41) is 7.41. The summed E-state index contributed by atoms with van der Waals surface area (Å²) in [7, 11) is 0. The minimum Gasteiger partial charge on any atom is -0.384 e. The third-order valence-corrected chi connectivity index (χ3v) is 3.80. The van der Waals surface area contributed by atoms with Crippen LogP contribution in [0.15, 0.2) is 18.2 Å². The lowest BCUT2D eigenvalue weighted by Crippen LogP contribution is -2.28. The average Bonchev–Trinajstić information content (AvgIpc) is 3.20. The van der Waals surface area contributed by atoms with Crippen LogP contribution >= 0.6 is 0 Å². The first kappa shape index (κ1) is 15.0. The van der Waals surface area contributed by atoms with E-state index in [1.54, 1.807) is 18.2 Å². The number of amidine groups is 1. The van der Waals surface area contributed by atoms with E-state index in [0.29, 0.717) is 24.1 Å². The molecule has 0 spiro atoms. The van der Waals surface area contributed by atoms with E-state index in [0.717, 1.165) is 13.0 Å². The second kappa shape index (κ2) is 6.35. The zero-order valence-electron chi connectivity index (χ0n) is 12.3. The molecule has 0 amide bonds. The molecule has 1 aliphatic rings. The lowest BCUT2D eigenvalue weighted by molar-refractivity contribution is 0.236. The van der Waals surface area contributed by atoms with Crippen molar-refractivity contribution in [2.45, 2.75) is 45.7 Å². The molecule has 0 atom stereocenters. The highest BCUT2D eigenvalue weighted by molar-refractivity contribution is 5.95. The van der Waals surface area contributed by atoms with E-state index in [2.05, 4.69) is 18.7 Å². The normalized spacial score (nSPS) is 15.1. The first-order valence-corrected chi connectivity index (χ1v) is 7.35. The Balaban J connectivity index is 2.10. The predicted molar refractivity (Wildman–Crippen MR) is 80.3 cm³/mol. The molecule has 1 aliphatic carbocycles. The molecule has 3 nitrogen and oxygen atoms in total. The van der Waals surface area contributed by atoms with Crippen LogP contribution in [0.2, 0.25) is 0 Å². The molecule has 1 fully saturated rings. The van der Waals surface area contributed by atoms with E-state index in [1.807, 2.05) is 0 Å². The van der Waals surface area contributed by atoms with E-state index in [9.17, 15) is 4.39 Å². The SMILES string of the molecule is CC(C)CCN(Cc1cccc(C(=N)N)c1F)C1CC1. The summed E-state index contributed by atoms with van der Waals surface area (Å²) >= 11 is 0. The molecule has 1 saturated carbocycles. The molecule has 0 heterocycles. The molecule has 0 bridgehead atoms. The van der Waals surface area contributed by atoms with Crippen molar-refractivity contribution >= 4 is 5.84 Å². The van der Waals surface area contributed by atoms with Crippen LogP contribution in [-0.2, 0) is 6.54 Å². The number of nitrogens with zero attached hydrogens (tertiary/aromatic N) is 1. The molecule has 20 heavy (non-hydrogen) atoms. The highest BCUT2D eigenvalue weighted by Gasteiger charge is 2.29. The van der Waals surface area contributed by atoms with Gasteiger partial charge in [-0.3, -0.25) is 10.3 Å². The smallest absolute Gasteiger partial charge is 0.138 e. The Morgan fingerprint density at radius 2 is 2.15 bits per heavy atom. The van der Waals surface area contributed by atoms with Crippen molar-refractivity contribution in [3.8, 4) is 0 Å². The molecule has 2 rings (SSSR count). The fraction of sp³-hybridized carbons (Fsp3) is 0.562. The zero-order valence-corrected chi connectivity index (χ0v) is 12.3. The molecule has 110 valence electrons. The Bertz CT molecular complexity index is 481. The Morgan fingerprint density at radius 3 is 2.70 bits per heavy atom. The van der Waals surface area contributed by atoms with E-state index in [4.69, 9.17) is 11.1 Å². The summed E-state index contributed by atoms with van der Waals surface area (Å²) in [6.45, 7) is 6.04. The number of nitrogens with one attached hydrogen (secondary N) is 1. The average molecular weight is 277 g/mol. The summed E-state index contributed by atoms with van der Waals surface area (Å²) in [6.07, 6.45) is 3.56. The Kier molecular flexibility index (Phi) is 4.76. The van der Waals surface area contributed by atoms with Gasteiger partial charge in [0.1, 0.15) is 11.7 Å². The van der Waals surface area contributed by atoms with Crippen molar-refractivity contribution in [2.24, 2.45) is 11.7 Å². The fourth-order valence-corrected chi connectivity index (χ4v) is 2.38. The van der Waals surface area contributed by atoms with Gasteiger partial charge in [-0.1, -0.05) is 26.0 Å². The molecule has 1 aromatic rings. The van der Waals surface area contributed by atoms with E-state index in [-0.39, 0.29) is 17.2 Å². The van der Waals surface area contributed by atoms with Crippen LogP contribution in [0.3, 0.4) is 0 Å². The predicted octanol–water partition coefficient (Wildman–Crippen LogP) is 3.12. The summed E-state index contributed by atoms with van der Waals surface area (Å²) in [6, 6.07) is 5.75. The maximum atomic E-state index is 14.3. The molecule has 3 N–H and O–H groups in total. The third kappa shape index (κ3) is 3.79. The zero-order chi connectivity index (χ0) is 14.7. The van der Waals surface area contributed by atoms with Gasteiger partial charge in [0.2, 0.25) is 0 Å². The number of rotatable bonds is 7. The van der Waals surface area contributed by atoms with Crippen LogP contribution in [0, 0.1) is 17.1 Å². The second-order valence-electron chi connectivity index (χ2n) is 6.08. The molecule has 0 saturated heterocycles. The Morgan fingerprint density at radius 1 is 1.45 bits per heavy atom. The van der Waals surface area contributed by atoms with E-state index >= 15 is 0 Å². The molecule has 1 aromatic carbocycles. The highest BCUT2D eigenvalue weighted by Crippen LogP contribution is 2.29. The van der Waals surface area contributed by atoms with Crippen molar-refractivity contribution < 1.29 is 4.39 Å². The van der Waals surface area contributed by atoms with Gasteiger partial charge >= 0.3 is 0 Å². The van der Waals surface area contributed by atoms with Crippen molar-refractivity contribution in [2.75, 3.05) is 6.54 Å². The topological polar surface area (TPSA) is 53.1 Å². The van der Waals surface area contributed by atoms with Crippen molar-refractivity contribution in [1.29, 1.82) is 5.41 Å². The Hall–Kier alpha value is -1.42. The van der Waals surface area contributed by atoms with Gasteiger partial charge < -0.3 is 5.73 Å². The van der Waals surface area contributed by atoms with Gasteiger partial charge in [-0.15, -0.1) is 0 Å². The van der Waals surface area contributed by atoms with E-state index < -0.39 is 0 Å². The largest absolute Gasteiger partial charge is 0.384 e. The minimum absolute atomic E-state index is 0.204. The van der Waals surface area contributed by atoms with Crippen LogP contribution in [0.25, 0.3) is 0 Å². The number of hydrogen-bond donors (Lipinski definition) is 2. The van der Waals surface area contributed by atoms with Crippen LogP contribution < -0.4 is 5.73 Å². The van der Waals surface area contributed by atoms with Gasteiger partial charge in [-0.2, -0.15) is 0 Å². The van der Waals surface area contributed by atoms with Gasteiger partial charge in [-0.25, -0.2) is 4.39 Å². The quantitative estimate of drug-likeness (QED) is 0.594. The molecule has 4 heteroatoms. The van der Waals surface area contributed by atoms with Crippen molar-refractivity contribution in [1.82, 2.24) is 4.90 Å². The number of halogens is 1. The van der Waals surface area contributed by atoms with Crippen LogP contribution in [0.1, 0.15) is 44.2 Å². The summed E-state index contributed by atoms with van der Waals surface area (Å²) < 4.78 is 14.3. The van der Waals surface area contributed by atoms with Crippen molar-refractivity contribution in [3.05, 3.63) is 35.1 Å². The van der Waals surface area contributed by atoms with Gasteiger partial charge in [0, 0.05) is 18.2 Å². The number of benzene rings is 1. The summed E-state index contributed by atoms with van der Waals surface area (Å²) in [4.78, 5) is 2.36. The molecule has 0 aliphatic heterocycles. The Labute approximate surface area is 120 Å². The van der Waals surface area contributed by atoms with Gasteiger partial charge in [0.25, 0.3) is 0 Å². The third-order valence-electron chi connectivity index (χ3n) is 3.80.